The van der Waals surface area contributed by atoms with E-state index in [-0.39, 0.29) is 0 Å². The number of hydrogen-bond acceptors (Lipinski definition) is 2. The van der Waals surface area contributed by atoms with Crippen molar-refractivity contribution in [1.29, 1.82) is 0 Å². The maximum absolute atomic E-state index is 6.23. The fraction of sp³-hybridized carbons (Fsp3) is 0.308. The first kappa shape index (κ1) is 13.1. The summed E-state index contributed by atoms with van der Waals surface area (Å²) in [6.07, 6.45) is 0.930. The second kappa shape index (κ2) is 5.98. The maximum atomic E-state index is 6.23. The summed E-state index contributed by atoms with van der Waals surface area (Å²) in [7, 11) is 0. The molecule has 0 aliphatic carbocycles. The Balaban J connectivity index is 2.20. The molecule has 0 spiro atoms. The molecular formula is C13H13BrClNS. The van der Waals surface area contributed by atoms with E-state index < -0.39 is 0 Å². The van der Waals surface area contributed by atoms with Gasteiger partial charge in [-0.05, 0) is 25.0 Å². The normalized spacial score (nSPS) is 12.6. The lowest BCUT2D eigenvalue weighted by Crippen LogP contribution is -2.05. The van der Waals surface area contributed by atoms with Crippen molar-refractivity contribution in [3.05, 3.63) is 50.9 Å². The van der Waals surface area contributed by atoms with Gasteiger partial charge in [0.05, 0.1) is 10.7 Å². The predicted octanol–water partition coefficient (Wildman–Crippen LogP) is 4.83. The van der Waals surface area contributed by atoms with Crippen LogP contribution in [0.1, 0.15) is 22.2 Å². The molecule has 4 heteroatoms. The zero-order chi connectivity index (χ0) is 12.3. The third kappa shape index (κ3) is 3.30. The van der Waals surface area contributed by atoms with E-state index in [2.05, 4.69) is 32.4 Å². The molecule has 2 aromatic rings. The number of nitrogens with zero attached hydrogens (tertiary/aromatic N) is 1. The Kier molecular flexibility index (Phi) is 4.60. The van der Waals surface area contributed by atoms with Gasteiger partial charge in [-0.1, -0.05) is 45.7 Å². The quantitative estimate of drug-likeness (QED) is 0.732. The summed E-state index contributed by atoms with van der Waals surface area (Å²) in [5.74, 6) is 0.380. The fourth-order valence-electron chi connectivity index (χ4n) is 1.81. The van der Waals surface area contributed by atoms with E-state index in [0.717, 1.165) is 27.5 Å². The number of rotatable bonds is 4. The SMILES string of the molecule is Cc1nc(CC(CBr)c2ccccc2Cl)cs1. The zero-order valence-electron chi connectivity index (χ0n) is 9.49. The number of thiazole rings is 1. The van der Waals surface area contributed by atoms with Crippen LogP contribution in [0.2, 0.25) is 5.02 Å². The summed E-state index contributed by atoms with van der Waals surface area (Å²) < 4.78 is 0. The van der Waals surface area contributed by atoms with E-state index in [9.17, 15) is 0 Å². The average molecular weight is 331 g/mol. The largest absolute Gasteiger partial charge is 0.247 e. The van der Waals surface area contributed by atoms with E-state index in [0.29, 0.717) is 5.92 Å². The van der Waals surface area contributed by atoms with E-state index in [1.165, 1.54) is 5.56 Å². The Morgan fingerprint density at radius 3 is 2.76 bits per heavy atom. The number of aromatic nitrogens is 1. The molecule has 0 saturated carbocycles. The van der Waals surface area contributed by atoms with Crippen LogP contribution in [0.15, 0.2) is 29.6 Å². The Bertz CT molecular complexity index is 498. The summed E-state index contributed by atoms with van der Waals surface area (Å²) in [5, 5.41) is 4.98. The molecule has 0 N–H and O–H groups in total. The summed E-state index contributed by atoms with van der Waals surface area (Å²) in [6.45, 7) is 2.03. The van der Waals surface area contributed by atoms with E-state index in [4.69, 9.17) is 11.6 Å². The van der Waals surface area contributed by atoms with Gasteiger partial charge in [0, 0.05) is 21.7 Å². The third-order valence-electron chi connectivity index (χ3n) is 2.65. The molecule has 0 fully saturated rings. The standard InChI is InChI=1S/C13H13BrClNS/c1-9-16-11(8-17-9)6-10(7-14)12-4-2-3-5-13(12)15/h2-5,8,10H,6-7H2,1H3. The molecule has 17 heavy (non-hydrogen) atoms. The maximum Gasteiger partial charge on any atom is 0.0897 e. The fourth-order valence-corrected chi connectivity index (χ4v) is 3.30. The van der Waals surface area contributed by atoms with Crippen molar-refractivity contribution in [2.45, 2.75) is 19.3 Å². The summed E-state index contributed by atoms with van der Waals surface area (Å²) in [5.41, 5.74) is 2.34. The number of benzene rings is 1. The topological polar surface area (TPSA) is 12.9 Å². The van der Waals surface area contributed by atoms with E-state index >= 15 is 0 Å². The smallest absolute Gasteiger partial charge is 0.0897 e. The number of halogens is 2. The monoisotopic (exact) mass is 329 g/mol. The van der Waals surface area contributed by atoms with Gasteiger partial charge >= 0.3 is 0 Å². The number of alkyl halides is 1. The van der Waals surface area contributed by atoms with Crippen molar-refractivity contribution < 1.29 is 0 Å². The third-order valence-corrected chi connectivity index (χ3v) is 4.60. The lowest BCUT2D eigenvalue weighted by atomic mass is 9.96. The van der Waals surface area contributed by atoms with Crippen molar-refractivity contribution >= 4 is 38.9 Å². The highest BCUT2D eigenvalue weighted by molar-refractivity contribution is 9.09. The highest BCUT2D eigenvalue weighted by atomic mass is 79.9. The van der Waals surface area contributed by atoms with Gasteiger partial charge in [0.15, 0.2) is 0 Å². The van der Waals surface area contributed by atoms with Crippen LogP contribution in [0.3, 0.4) is 0 Å². The molecule has 0 amide bonds. The lowest BCUT2D eigenvalue weighted by molar-refractivity contribution is 0.759. The van der Waals surface area contributed by atoms with Crippen LogP contribution in [0.5, 0.6) is 0 Å². The van der Waals surface area contributed by atoms with Crippen LogP contribution < -0.4 is 0 Å². The summed E-state index contributed by atoms with van der Waals surface area (Å²) in [6, 6.07) is 8.03. The van der Waals surface area contributed by atoms with Crippen LogP contribution in [0.4, 0.5) is 0 Å². The van der Waals surface area contributed by atoms with Crippen LogP contribution in [-0.4, -0.2) is 10.3 Å². The molecule has 1 heterocycles. The van der Waals surface area contributed by atoms with Gasteiger partial charge < -0.3 is 0 Å². The highest BCUT2D eigenvalue weighted by Crippen LogP contribution is 2.29. The molecule has 1 nitrogen and oxygen atoms in total. The predicted molar refractivity (Wildman–Crippen MR) is 78.5 cm³/mol. The average Bonchev–Trinajstić information content (AvgIpc) is 2.73. The molecule has 1 aromatic heterocycles. The van der Waals surface area contributed by atoms with Crippen LogP contribution in [0.25, 0.3) is 0 Å². The van der Waals surface area contributed by atoms with Crippen LogP contribution in [-0.2, 0) is 6.42 Å². The Labute approximate surface area is 119 Å². The summed E-state index contributed by atoms with van der Waals surface area (Å²) >= 11 is 11.5. The van der Waals surface area contributed by atoms with Gasteiger partial charge in [-0.25, -0.2) is 4.98 Å². The van der Waals surface area contributed by atoms with Crippen molar-refractivity contribution in [1.82, 2.24) is 4.98 Å². The van der Waals surface area contributed by atoms with Gasteiger partial charge in [0.25, 0.3) is 0 Å². The Morgan fingerprint density at radius 2 is 2.18 bits per heavy atom. The molecule has 0 aliphatic rings. The molecule has 1 aromatic carbocycles. The van der Waals surface area contributed by atoms with Crippen molar-refractivity contribution in [3.8, 4) is 0 Å². The molecule has 0 saturated heterocycles. The molecule has 1 atom stereocenters. The zero-order valence-corrected chi connectivity index (χ0v) is 12.6. The van der Waals surface area contributed by atoms with Gasteiger partial charge in [-0.2, -0.15) is 0 Å². The first-order valence-corrected chi connectivity index (χ1v) is 7.80. The first-order valence-electron chi connectivity index (χ1n) is 5.42. The van der Waals surface area contributed by atoms with Crippen LogP contribution >= 0.6 is 38.9 Å². The van der Waals surface area contributed by atoms with Crippen molar-refractivity contribution in [2.24, 2.45) is 0 Å². The Hall–Kier alpha value is -0.380. The number of aryl methyl sites for hydroxylation is 1. The first-order chi connectivity index (χ1) is 8.20. The molecular weight excluding hydrogens is 318 g/mol. The van der Waals surface area contributed by atoms with Crippen molar-refractivity contribution in [2.75, 3.05) is 5.33 Å². The molecule has 1 unspecified atom stereocenters. The van der Waals surface area contributed by atoms with Gasteiger partial charge in [-0.3, -0.25) is 0 Å². The molecule has 0 bridgehead atoms. The minimum Gasteiger partial charge on any atom is -0.247 e. The summed E-state index contributed by atoms with van der Waals surface area (Å²) in [4.78, 5) is 4.51. The van der Waals surface area contributed by atoms with E-state index in [1.807, 2.05) is 25.1 Å². The van der Waals surface area contributed by atoms with E-state index in [1.54, 1.807) is 11.3 Å². The van der Waals surface area contributed by atoms with Gasteiger partial charge in [-0.15, -0.1) is 11.3 Å². The molecule has 0 radical (unpaired) electrons. The van der Waals surface area contributed by atoms with Crippen LogP contribution in [0, 0.1) is 6.92 Å². The van der Waals surface area contributed by atoms with Crippen molar-refractivity contribution in [3.63, 3.8) is 0 Å². The number of hydrogen-bond donors (Lipinski definition) is 0. The highest BCUT2D eigenvalue weighted by Gasteiger charge is 2.15. The minimum atomic E-state index is 0.380. The second-order valence-electron chi connectivity index (χ2n) is 3.93. The lowest BCUT2D eigenvalue weighted by Gasteiger charge is -2.14. The molecule has 2 rings (SSSR count). The van der Waals surface area contributed by atoms with Gasteiger partial charge in [0.1, 0.15) is 0 Å². The second-order valence-corrected chi connectivity index (χ2v) is 6.05. The molecule has 90 valence electrons. The molecule has 0 aliphatic heterocycles. The Morgan fingerprint density at radius 1 is 1.41 bits per heavy atom. The van der Waals surface area contributed by atoms with Gasteiger partial charge in [0.2, 0.25) is 0 Å². The minimum absolute atomic E-state index is 0.380.